The van der Waals surface area contributed by atoms with Crippen molar-refractivity contribution in [3.63, 3.8) is 0 Å². The lowest BCUT2D eigenvalue weighted by Gasteiger charge is -2.11. The SMILES string of the molecule is CC1(C)C=CC(N)=C([N+](=O)[O-])C=C1. The Kier molecular flexibility index (Phi) is 2.23. The van der Waals surface area contributed by atoms with Crippen LogP contribution in [0, 0.1) is 15.5 Å². The number of allylic oxidation sites excluding steroid dienone is 4. The van der Waals surface area contributed by atoms with E-state index in [1.54, 1.807) is 12.2 Å². The lowest BCUT2D eigenvalue weighted by molar-refractivity contribution is -0.420. The van der Waals surface area contributed by atoms with Crippen molar-refractivity contribution < 1.29 is 4.92 Å². The van der Waals surface area contributed by atoms with Crippen molar-refractivity contribution in [2.75, 3.05) is 0 Å². The number of nitrogens with two attached hydrogens (primary N) is 1. The normalized spacial score (nSPS) is 20.2. The van der Waals surface area contributed by atoms with Crippen LogP contribution in [0.2, 0.25) is 0 Å². The van der Waals surface area contributed by atoms with Crippen molar-refractivity contribution in [3.05, 3.63) is 45.8 Å². The van der Waals surface area contributed by atoms with Gasteiger partial charge in [-0.15, -0.1) is 0 Å². The average molecular weight is 180 g/mol. The van der Waals surface area contributed by atoms with Crippen LogP contribution < -0.4 is 5.73 Å². The molecular formula is C9H12N2O2. The number of hydrogen-bond donors (Lipinski definition) is 1. The van der Waals surface area contributed by atoms with Gasteiger partial charge in [-0.1, -0.05) is 26.0 Å². The predicted octanol–water partition coefficient (Wildman–Crippen LogP) is 1.59. The van der Waals surface area contributed by atoms with E-state index in [1.807, 2.05) is 19.9 Å². The standard InChI is InChI=1S/C9H12N2O2/c1-9(2)5-3-7(10)8(4-6-9)11(12)13/h3-6H,10H2,1-2H3. The molecule has 13 heavy (non-hydrogen) atoms. The van der Waals surface area contributed by atoms with E-state index in [1.165, 1.54) is 6.08 Å². The van der Waals surface area contributed by atoms with Crippen LogP contribution in [0.3, 0.4) is 0 Å². The zero-order valence-corrected chi connectivity index (χ0v) is 7.65. The highest BCUT2D eigenvalue weighted by molar-refractivity contribution is 5.32. The molecule has 0 aromatic heterocycles. The maximum absolute atomic E-state index is 10.5. The Hall–Kier alpha value is -1.58. The number of nitro groups is 1. The molecule has 0 unspecified atom stereocenters. The summed E-state index contributed by atoms with van der Waals surface area (Å²) in [5.74, 6) is 0. The van der Waals surface area contributed by atoms with E-state index in [0.717, 1.165) is 0 Å². The zero-order chi connectivity index (χ0) is 10.1. The summed E-state index contributed by atoms with van der Waals surface area (Å²) in [6.45, 7) is 3.91. The first-order valence-corrected chi connectivity index (χ1v) is 3.95. The quantitative estimate of drug-likeness (QED) is 0.492. The summed E-state index contributed by atoms with van der Waals surface area (Å²) in [4.78, 5) is 10.0. The van der Waals surface area contributed by atoms with E-state index in [9.17, 15) is 10.1 Å². The van der Waals surface area contributed by atoms with E-state index in [-0.39, 0.29) is 16.8 Å². The van der Waals surface area contributed by atoms with Gasteiger partial charge in [0.1, 0.15) is 5.70 Å². The number of nitrogens with zero attached hydrogens (tertiary/aromatic N) is 1. The minimum Gasteiger partial charge on any atom is -0.393 e. The Bertz CT molecular complexity index is 325. The largest absolute Gasteiger partial charge is 0.393 e. The second kappa shape index (κ2) is 3.05. The maximum atomic E-state index is 10.5. The Morgan fingerprint density at radius 3 is 2.46 bits per heavy atom. The number of rotatable bonds is 1. The molecule has 0 fully saturated rings. The van der Waals surface area contributed by atoms with Crippen molar-refractivity contribution in [2.24, 2.45) is 11.1 Å². The molecule has 70 valence electrons. The molecule has 1 aliphatic rings. The van der Waals surface area contributed by atoms with Crippen LogP contribution in [0.1, 0.15) is 13.8 Å². The fourth-order valence-corrected chi connectivity index (χ4v) is 1.00. The Morgan fingerprint density at radius 1 is 1.38 bits per heavy atom. The van der Waals surface area contributed by atoms with E-state index >= 15 is 0 Å². The van der Waals surface area contributed by atoms with Crippen molar-refractivity contribution >= 4 is 0 Å². The molecule has 0 aromatic rings. The lowest BCUT2D eigenvalue weighted by Crippen LogP contribution is -2.05. The molecule has 0 bridgehead atoms. The summed E-state index contributed by atoms with van der Waals surface area (Å²) in [5.41, 5.74) is 5.48. The van der Waals surface area contributed by atoms with E-state index < -0.39 is 4.92 Å². The molecule has 2 N–H and O–H groups in total. The zero-order valence-electron chi connectivity index (χ0n) is 7.65. The summed E-state index contributed by atoms with van der Waals surface area (Å²) in [6.07, 6.45) is 6.64. The third-order valence-corrected chi connectivity index (χ3v) is 1.86. The molecule has 0 aliphatic heterocycles. The summed E-state index contributed by atoms with van der Waals surface area (Å²) in [6, 6.07) is 0. The highest BCUT2D eigenvalue weighted by atomic mass is 16.6. The van der Waals surface area contributed by atoms with Gasteiger partial charge in [-0.05, 0) is 6.08 Å². The second-order valence-electron chi connectivity index (χ2n) is 3.59. The second-order valence-corrected chi connectivity index (χ2v) is 3.59. The molecule has 0 amide bonds. The van der Waals surface area contributed by atoms with Crippen LogP contribution in [0.4, 0.5) is 0 Å². The highest BCUT2D eigenvalue weighted by Gasteiger charge is 2.18. The van der Waals surface area contributed by atoms with Crippen LogP contribution in [0.15, 0.2) is 35.7 Å². The molecule has 0 heterocycles. The first kappa shape index (κ1) is 9.51. The van der Waals surface area contributed by atoms with E-state index in [4.69, 9.17) is 5.73 Å². The molecule has 4 nitrogen and oxygen atoms in total. The van der Waals surface area contributed by atoms with Gasteiger partial charge in [-0.3, -0.25) is 10.1 Å². The summed E-state index contributed by atoms with van der Waals surface area (Å²) in [7, 11) is 0. The fourth-order valence-electron chi connectivity index (χ4n) is 1.00. The molecule has 0 saturated heterocycles. The molecular weight excluding hydrogens is 168 g/mol. The maximum Gasteiger partial charge on any atom is 0.291 e. The highest BCUT2D eigenvalue weighted by Crippen LogP contribution is 2.23. The van der Waals surface area contributed by atoms with Crippen LogP contribution in [0.25, 0.3) is 0 Å². The average Bonchev–Trinajstić information content (AvgIpc) is 2.11. The van der Waals surface area contributed by atoms with Gasteiger partial charge in [-0.2, -0.15) is 0 Å². The van der Waals surface area contributed by atoms with Crippen molar-refractivity contribution in [3.8, 4) is 0 Å². The minimum atomic E-state index is -0.475. The van der Waals surface area contributed by atoms with Crippen molar-refractivity contribution in [1.82, 2.24) is 0 Å². The first-order chi connectivity index (χ1) is 5.92. The molecule has 0 saturated carbocycles. The third kappa shape index (κ3) is 2.18. The van der Waals surface area contributed by atoms with Gasteiger partial charge in [0.05, 0.1) is 4.92 Å². The van der Waals surface area contributed by atoms with Gasteiger partial charge in [0.25, 0.3) is 5.70 Å². The lowest BCUT2D eigenvalue weighted by atomic mass is 9.93. The topological polar surface area (TPSA) is 69.2 Å². The van der Waals surface area contributed by atoms with Gasteiger partial charge in [-0.25, -0.2) is 0 Å². The Morgan fingerprint density at radius 2 is 1.92 bits per heavy atom. The van der Waals surface area contributed by atoms with Crippen LogP contribution in [0.5, 0.6) is 0 Å². The molecule has 1 aliphatic carbocycles. The summed E-state index contributed by atoms with van der Waals surface area (Å²) >= 11 is 0. The first-order valence-electron chi connectivity index (χ1n) is 3.95. The molecule has 0 radical (unpaired) electrons. The van der Waals surface area contributed by atoms with Crippen LogP contribution in [-0.4, -0.2) is 4.92 Å². The van der Waals surface area contributed by atoms with Gasteiger partial charge >= 0.3 is 0 Å². The Labute approximate surface area is 76.6 Å². The van der Waals surface area contributed by atoms with Crippen LogP contribution in [-0.2, 0) is 0 Å². The van der Waals surface area contributed by atoms with Gasteiger partial charge in [0.2, 0.25) is 0 Å². The van der Waals surface area contributed by atoms with Gasteiger partial charge in [0.15, 0.2) is 0 Å². The van der Waals surface area contributed by atoms with E-state index in [0.29, 0.717) is 0 Å². The Balaban J connectivity index is 3.12. The molecule has 4 heteroatoms. The fraction of sp³-hybridized carbons (Fsp3) is 0.333. The van der Waals surface area contributed by atoms with E-state index in [2.05, 4.69) is 0 Å². The summed E-state index contributed by atoms with van der Waals surface area (Å²) < 4.78 is 0. The molecule has 0 spiro atoms. The third-order valence-electron chi connectivity index (χ3n) is 1.86. The minimum absolute atomic E-state index is 0.0400. The molecule has 0 aromatic carbocycles. The smallest absolute Gasteiger partial charge is 0.291 e. The molecule has 1 rings (SSSR count). The van der Waals surface area contributed by atoms with Crippen LogP contribution >= 0.6 is 0 Å². The molecule has 0 atom stereocenters. The predicted molar refractivity (Wildman–Crippen MR) is 50.3 cm³/mol. The summed E-state index contributed by atoms with van der Waals surface area (Å²) in [5, 5.41) is 10.5. The van der Waals surface area contributed by atoms with Gasteiger partial charge < -0.3 is 5.73 Å². The van der Waals surface area contributed by atoms with Crippen molar-refractivity contribution in [1.29, 1.82) is 0 Å². The van der Waals surface area contributed by atoms with Crippen molar-refractivity contribution in [2.45, 2.75) is 13.8 Å². The number of hydrogen-bond acceptors (Lipinski definition) is 3. The monoisotopic (exact) mass is 180 g/mol. The van der Waals surface area contributed by atoms with Gasteiger partial charge in [0, 0.05) is 11.5 Å².